The van der Waals surface area contributed by atoms with Gasteiger partial charge in [-0.3, -0.25) is 5.01 Å². The molecule has 0 saturated carbocycles. The third kappa shape index (κ3) is 5.10. The van der Waals surface area contributed by atoms with Crippen molar-refractivity contribution in [2.24, 2.45) is 5.10 Å². The minimum atomic E-state index is -4.15. The van der Waals surface area contributed by atoms with Crippen molar-refractivity contribution in [3.63, 3.8) is 0 Å². The lowest BCUT2D eigenvalue weighted by atomic mass is 10.2. The number of alkyl halides is 3. The molecule has 0 atom stereocenters. The first-order valence-corrected chi connectivity index (χ1v) is 6.85. The summed E-state index contributed by atoms with van der Waals surface area (Å²) in [6.45, 7) is 0.681. The Labute approximate surface area is 125 Å². The summed E-state index contributed by atoms with van der Waals surface area (Å²) in [6, 6.07) is 6.76. The van der Waals surface area contributed by atoms with E-state index in [0.29, 0.717) is 18.2 Å². The van der Waals surface area contributed by atoms with Gasteiger partial charge in [0.1, 0.15) is 5.75 Å². The van der Waals surface area contributed by atoms with Gasteiger partial charge >= 0.3 is 6.18 Å². The van der Waals surface area contributed by atoms with Crippen molar-refractivity contribution in [1.82, 2.24) is 5.01 Å². The van der Waals surface area contributed by atoms with Gasteiger partial charge in [-0.05, 0) is 30.7 Å². The van der Waals surface area contributed by atoms with Gasteiger partial charge in [0.2, 0.25) is 5.90 Å². The number of hydrazone groups is 1. The van der Waals surface area contributed by atoms with Crippen molar-refractivity contribution in [3.8, 4) is 5.75 Å². The molecule has 5 nitrogen and oxygen atoms in total. The van der Waals surface area contributed by atoms with Gasteiger partial charge in [0.05, 0.1) is 19.8 Å². The number of aliphatic hydroxyl groups excluding tert-OH is 1. The summed E-state index contributed by atoms with van der Waals surface area (Å²) < 4.78 is 46.6. The highest BCUT2D eigenvalue weighted by Gasteiger charge is 2.26. The van der Waals surface area contributed by atoms with Crippen LogP contribution in [0.1, 0.15) is 18.4 Å². The highest BCUT2D eigenvalue weighted by molar-refractivity contribution is 5.94. The molecular formula is C14H17F3N2O3. The van der Waals surface area contributed by atoms with E-state index in [1.807, 2.05) is 0 Å². The number of halogens is 3. The van der Waals surface area contributed by atoms with Gasteiger partial charge in [0.25, 0.3) is 0 Å². The third-order valence-electron chi connectivity index (χ3n) is 2.92. The molecule has 22 heavy (non-hydrogen) atoms. The molecule has 1 heterocycles. The topological polar surface area (TPSA) is 54.3 Å². The fourth-order valence-electron chi connectivity index (χ4n) is 1.85. The normalized spacial score (nSPS) is 14.7. The maximum Gasteiger partial charge on any atom is 0.389 e. The van der Waals surface area contributed by atoms with Gasteiger partial charge in [-0.15, -0.1) is 5.10 Å². The Morgan fingerprint density at radius 1 is 1.27 bits per heavy atom. The number of ether oxygens (including phenoxy) is 2. The quantitative estimate of drug-likeness (QED) is 0.784. The van der Waals surface area contributed by atoms with Crippen LogP contribution in [0.2, 0.25) is 0 Å². The molecule has 2 rings (SSSR count). The second-order valence-electron chi connectivity index (χ2n) is 4.72. The van der Waals surface area contributed by atoms with E-state index in [4.69, 9.17) is 14.6 Å². The van der Waals surface area contributed by atoms with E-state index in [9.17, 15) is 13.2 Å². The number of rotatable bonds is 7. The van der Waals surface area contributed by atoms with Gasteiger partial charge in [0, 0.05) is 12.0 Å². The standard InChI is InChI=1S/C14H17F3N2O3/c15-14(16,17)6-1-9-21-12-4-2-11(3-5-12)13-18-19(7-8-20)10-22-13/h2-5,20H,1,6-10H2. The van der Waals surface area contributed by atoms with Crippen LogP contribution in [0.25, 0.3) is 0 Å². The van der Waals surface area contributed by atoms with E-state index in [2.05, 4.69) is 5.10 Å². The van der Waals surface area contributed by atoms with Crippen LogP contribution in [0.4, 0.5) is 13.2 Å². The number of aliphatic hydroxyl groups is 1. The molecule has 1 N–H and O–H groups in total. The fraction of sp³-hybridized carbons (Fsp3) is 0.500. The monoisotopic (exact) mass is 318 g/mol. The van der Waals surface area contributed by atoms with Gasteiger partial charge in [-0.25, -0.2) is 0 Å². The number of benzene rings is 1. The van der Waals surface area contributed by atoms with Crippen LogP contribution < -0.4 is 4.74 Å². The van der Waals surface area contributed by atoms with Crippen molar-refractivity contribution in [3.05, 3.63) is 29.8 Å². The van der Waals surface area contributed by atoms with E-state index < -0.39 is 12.6 Å². The molecule has 1 aliphatic heterocycles. The summed E-state index contributed by atoms with van der Waals surface area (Å²) in [5, 5.41) is 14.6. The second-order valence-corrected chi connectivity index (χ2v) is 4.72. The molecule has 1 aliphatic rings. The predicted molar refractivity (Wildman–Crippen MR) is 73.5 cm³/mol. The lowest BCUT2D eigenvalue weighted by molar-refractivity contribution is -0.136. The van der Waals surface area contributed by atoms with Crippen LogP contribution in [0, 0.1) is 0 Å². The Kier molecular flexibility index (Phi) is 5.48. The summed E-state index contributed by atoms with van der Waals surface area (Å²) in [7, 11) is 0. The maximum atomic E-state index is 12.0. The molecule has 0 radical (unpaired) electrons. The summed E-state index contributed by atoms with van der Waals surface area (Å²) in [4.78, 5) is 0. The molecule has 0 amide bonds. The molecule has 0 fully saturated rings. The Morgan fingerprint density at radius 2 is 2.00 bits per heavy atom. The zero-order chi connectivity index (χ0) is 16.0. The Bertz CT molecular complexity index is 503. The average Bonchev–Trinajstić information content (AvgIpc) is 2.92. The molecule has 0 unspecified atom stereocenters. The van der Waals surface area contributed by atoms with Crippen molar-refractivity contribution in [1.29, 1.82) is 0 Å². The van der Waals surface area contributed by atoms with Gasteiger partial charge in [-0.1, -0.05) is 0 Å². The molecular weight excluding hydrogens is 301 g/mol. The zero-order valence-electron chi connectivity index (χ0n) is 11.8. The van der Waals surface area contributed by atoms with E-state index in [1.165, 1.54) is 0 Å². The Balaban J connectivity index is 1.82. The number of β-amino-alcohol motifs (C(OH)–C–C–N with tert-alkyl or cyclic N) is 1. The first-order chi connectivity index (χ1) is 10.5. The Morgan fingerprint density at radius 3 is 2.64 bits per heavy atom. The molecule has 0 spiro atoms. The van der Waals surface area contributed by atoms with E-state index in [1.54, 1.807) is 29.3 Å². The smallest absolute Gasteiger partial charge is 0.389 e. The van der Waals surface area contributed by atoms with E-state index in [-0.39, 0.29) is 26.4 Å². The number of nitrogens with zero attached hydrogens (tertiary/aromatic N) is 2. The molecule has 8 heteroatoms. The summed E-state index contributed by atoms with van der Waals surface area (Å²) in [6.07, 6.45) is -5.07. The SMILES string of the molecule is OCCN1COC(c2ccc(OCCCC(F)(F)F)cc2)=N1. The van der Waals surface area contributed by atoms with Gasteiger partial charge in [0.15, 0.2) is 6.73 Å². The minimum absolute atomic E-state index is 0.00908. The van der Waals surface area contributed by atoms with Crippen LogP contribution >= 0.6 is 0 Å². The van der Waals surface area contributed by atoms with Crippen LogP contribution in [0.3, 0.4) is 0 Å². The first kappa shape index (κ1) is 16.4. The van der Waals surface area contributed by atoms with Crippen molar-refractivity contribution < 1.29 is 27.8 Å². The van der Waals surface area contributed by atoms with E-state index in [0.717, 1.165) is 5.56 Å². The zero-order valence-corrected chi connectivity index (χ0v) is 11.8. The van der Waals surface area contributed by atoms with Crippen molar-refractivity contribution in [2.75, 3.05) is 26.5 Å². The third-order valence-corrected chi connectivity index (χ3v) is 2.92. The summed E-state index contributed by atoms with van der Waals surface area (Å²) in [5.74, 6) is 0.939. The summed E-state index contributed by atoms with van der Waals surface area (Å²) in [5.41, 5.74) is 0.739. The molecule has 0 aliphatic carbocycles. The number of hydrogen-bond acceptors (Lipinski definition) is 5. The predicted octanol–water partition coefficient (Wildman–Crippen LogP) is 2.35. The largest absolute Gasteiger partial charge is 0.494 e. The van der Waals surface area contributed by atoms with Crippen LogP contribution in [0.15, 0.2) is 29.4 Å². The van der Waals surface area contributed by atoms with Gasteiger partial charge in [-0.2, -0.15) is 13.2 Å². The average molecular weight is 318 g/mol. The Hall–Kier alpha value is -1.96. The summed E-state index contributed by atoms with van der Waals surface area (Å²) >= 11 is 0. The molecule has 1 aromatic carbocycles. The molecule has 0 saturated heterocycles. The molecule has 1 aromatic rings. The fourth-order valence-corrected chi connectivity index (χ4v) is 1.85. The highest BCUT2D eigenvalue weighted by Crippen LogP contribution is 2.22. The lowest BCUT2D eigenvalue weighted by Gasteiger charge is -2.08. The van der Waals surface area contributed by atoms with Crippen LogP contribution in [-0.4, -0.2) is 48.7 Å². The van der Waals surface area contributed by atoms with E-state index >= 15 is 0 Å². The lowest BCUT2D eigenvalue weighted by Crippen LogP contribution is -2.18. The second kappa shape index (κ2) is 7.35. The van der Waals surface area contributed by atoms with Crippen LogP contribution in [-0.2, 0) is 4.74 Å². The molecule has 122 valence electrons. The van der Waals surface area contributed by atoms with Gasteiger partial charge < -0.3 is 14.6 Å². The highest BCUT2D eigenvalue weighted by atomic mass is 19.4. The van der Waals surface area contributed by atoms with Crippen LogP contribution in [0.5, 0.6) is 5.75 Å². The minimum Gasteiger partial charge on any atom is -0.494 e. The molecule has 0 aromatic heterocycles. The van der Waals surface area contributed by atoms with Crippen molar-refractivity contribution in [2.45, 2.75) is 19.0 Å². The first-order valence-electron chi connectivity index (χ1n) is 6.85. The maximum absolute atomic E-state index is 12.0. The van der Waals surface area contributed by atoms with Crippen molar-refractivity contribution >= 4 is 5.90 Å². The molecule has 0 bridgehead atoms. The number of hydrogen-bond donors (Lipinski definition) is 1.